The number of aromatic amines is 1. The Morgan fingerprint density at radius 3 is 2.47 bits per heavy atom. The Morgan fingerprint density at radius 2 is 1.75 bits per heavy atom. The number of urea groups is 1. The molecular weight excluding hydrogens is 452 g/mol. The van der Waals surface area contributed by atoms with Crippen LogP contribution in [0.4, 0.5) is 4.79 Å². The summed E-state index contributed by atoms with van der Waals surface area (Å²) in [6.45, 7) is 7.97. The summed E-state index contributed by atoms with van der Waals surface area (Å²) in [5, 5.41) is 4.15. The van der Waals surface area contributed by atoms with Crippen LogP contribution in [0.2, 0.25) is 0 Å². The van der Waals surface area contributed by atoms with Crippen molar-refractivity contribution in [2.45, 2.75) is 64.6 Å². The highest BCUT2D eigenvalue weighted by molar-refractivity contribution is 6.11. The maximum absolute atomic E-state index is 14.0. The number of benzene rings is 2. The lowest BCUT2D eigenvalue weighted by Crippen LogP contribution is -2.54. The quantitative estimate of drug-likeness (QED) is 0.487. The molecule has 5 rings (SSSR count). The zero-order valence-electron chi connectivity index (χ0n) is 21.4. The van der Waals surface area contributed by atoms with Crippen LogP contribution in [0.15, 0.2) is 54.6 Å². The Balaban J connectivity index is 1.40. The largest absolute Gasteiger partial charge is 0.356 e. The number of nitrogens with zero attached hydrogens (tertiary/aromatic N) is 2. The molecule has 1 saturated heterocycles. The van der Waals surface area contributed by atoms with Crippen LogP contribution in [0.3, 0.4) is 0 Å². The monoisotopic (exact) mass is 486 g/mol. The summed E-state index contributed by atoms with van der Waals surface area (Å²) in [7, 11) is 0. The molecule has 3 aromatic rings. The number of aryl methyl sites for hydroxylation is 1. The molecular formula is C29H34N4O3. The number of hydrogen-bond donors (Lipinski definition) is 2. The van der Waals surface area contributed by atoms with E-state index in [0.717, 1.165) is 35.0 Å². The van der Waals surface area contributed by atoms with Crippen LogP contribution in [0.5, 0.6) is 0 Å². The Labute approximate surface area is 211 Å². The van der Waals surface area contributed by atoms with E-state index in [1.165, 1.54) is 10.5 Å². The molecule has 0 saturated carbocycles. The summed E-state index contributed by atoms with van der Waals surface area (Å²) in [5.41, 5.74) is 2.84. The summed E-state index contributed by atoms with van der Waals surface area (Å²) >= 11 is 0. The molecule has 0 spiro atoms. The lowest BCUT2D eigenvalue weighted by molar-refractivity contribution is -0.141. The number of aromatic nitrogens is 1. The molecule has 0 bridgehead atoms. The van der Waals surface area contributed by atoms with Crippen molar-refractivity contribution in [1.82, 2.24) is 20.1 Å². The fourth-order valence-corrected chi connectivity index (χ4v) is 5.81. The molecule has 2 aliphatic heterocycles. The van der Waals surface area contributed by atoms with Crippen molar-refractivity contribution >= 4 is 28.7 Å². The third kappa shape index (κ3) is 3.77. The topological polar surface area (TPSA) is 85.5 Å². The lowest BCUT2D eigenvalue weighted by atomic mass is 9.86. The lowest BCUT2D eigenvalue weighted by Gasteiger charge is -2.36. The third-order valence-electron chi connectivity index (χ3n) is 7.77. The maximum Gasteiger partial charge on any atom is 0.328 e. The van der Waals surface area contributed by atoms with Gasteiger partial charge >= 0.3 is 6.03 Å². The number of H-pyrrole nitrogens is 1. The molecule has 4 amide bonds. The highest BCUT2D eigenvalue weighted by Crippen LogP contribution is 2.45. The number of fused-ring (bicyclic) bond motifs is 5. The molecule has 3 atom stereocenters. The highest BCUT2D eigenvalue weighted by atomic mass is 16.2. The van der Waals surface area contributed by atoms with Crippen LogP contribution in [-0.4, -0.2) is 51.3 Å². The molecule has 188 valence electrons. The molecule has 3 heterocycles. The van der Waals surface area contributed by atoms with Crippen molar-refractivity contribution in [1.29, 1.82) is 0 Å². The second-order valence-electron chi connectivity index (χ2n) is 10.6. The summed E-state index contributed by atoms with van der Waals surface area (Å²) in [5.74, 6) is -0.857. The maximum atomic E-state index is 14.0. The number of nitrogens with one attached hydrogen (secondary N) is 2. The molecule has 2 aliphatic rings. The normalized spacial score (nSPS) is 21.0. The number of carbonyl (C=O) groups is 3. The highest BCUT2D eigenvalue weighted by Gasteiger charge is 2.61. The first kappa shape index (κ1) is 24.1. The zero-order valence-corrected chi connectivity index (χ0v) is 21.4. The summed E-state index contributed by atoms with van der Waals surface area (Å²) in [4.78, 5) is 47.4. The van der Waals surface area contributed by atoms with Crippen LogP contribution in [0, 0.1) is 5.92 Å². The standard InChI is InChI=1S/C29H34N4O3/c1-18(2)24(26(34)30-19(3)14-15-20-10-6-5-7-11-20)33-27(35)29(4)25-22(16-17-32(29)28(33)36)21-12-8-9-13-23(21)31-25/h5-13,18-19,24,31H,14-17H2,1-4H3,(H,30,34)/t19-,24-,29-/m0/s1. The minimum atomic E-state index is -1.16. The summed E-state index contributed by atoms with van der Waals surface area (Å²) in [6.07, 6.45) is 2.27. The van der Waals surface area contributed by atoms with Gasteiger partial charge in [-0.1, -0.05) is 62.4 Å². The number of rotatable bonds is 7. The Bertz CT molecular complexity index is 1310. The molecule has 2 aromatic carbocycles. The first-order chi connectivity index (χ1) is 17.2. The average molecular weight is 487 g/mol. The Morgan fingerprint density at radius 1 is 1.06 bits per heavy atom. The summed E-state index contributed by atoms with van der Waals surface area (Å²) < 4.78 is 0. The van der Waals surface area contributed by atoms with Gasteiger partial charge in [-0.2, -0.15) is 0 Å². The predicted molar refractivity (Wildman–Crippen MR) is 139 cm³/mol. The van der Waals surface area contributed by atoms with Crippen molar-refractivity contribution in [3.8, 4) is 0 Å². The van der Waals surface area contributed by atoms with Crippen LogP contribution in [-0.2, 0) is 28.0 Å². The van der Waals surface area contributed by atoms with Crippen molar-refractivity contribution in [3.63, 3.8) is 0 Å². The van der Waals surface area contributed by atoms with Crippen molar-refractivity contribution in [2.24, 2.45) is 5.92 Å². The SMILES string of the molecule is CC(C)[C@@H](C(=O)N[C@@H](C)CCc1ccccc1)N1C(=O)N2CCc3c([nH]c4ccccc34)[C@@]2(C)C1=O. The van der Waals surface area contributed by atoms with Gasteiger partial charge in [0.15, 0.2) is 5.54 Å². The van der Waals surface area contributed by atoms with Gasteiger partial charge in [0.1, 0.15) is 6.04 Å². The first-order valence-electron chi connectivity index (χ1n) is 12.8. The number of amides is 4. The van der Waals surface area contributed by atoms with Gasteiger partial charge in [-0.3, -0.25) is 9.59 Å². The molecule has 0 aliphatic carbocycles. The second kappa shape index (κ2) is 9.12. The van der Waals surface area contributed by atoms with E-state index in [2.05, 4.69) is 22.4 Å². The molecule has 36 heavy (non-hydrogen) atoms. The van der Waals surface area contributed by atoms with E-state index in [1.54, 1.807) is 11.8 Å². The van der Waals surface area contributed by atoms with Gasteiger partial charge in [0, 0.05) is 23.5 Å². The first-order valence-corrected chi connectivity index (χ1v) is 12.8. The number of hydrogen-bond acceptors (Lipinski definition) is 3. The van der Waals surface area contributed by atoms with E-state index in [0.29, 0.717) is 13.0 Å². The molecule has 2 N–H and O–H groups in total. The Kier molecular flexibility index (Phi) is 6.10. The van der Waals surface area contributed by atoms with E-state index in [4.69, 9.17) is 0 Å². The van der Waals surface area contributed by atoms with Gasteiger partial charge in [0.05, 0.1) is 5.69 Å². The molecule has 7 nitrogen and oxygen atoms in total. The van der Waals surface area contributed by atoms with Crippen molar-refractivity contribution in [3.05, 3.63) is 71.4 Å². The van der Waals surface area contributed by atoms with Gasteiger partial charge in [-0.25, -0.2) is 9.69 Å². The van der Waals surface area contributed by atoms with Crippen molar-refractivity contribution in [2.75, 3.05) is 6.54 Å². The predicted octanol–water partition coefficient (Wildman–Crippen LogP) is 4.37. The van der Waals surface area contributed by atoms with Gasteiger partial charge in [0.2, 0.25) is 5.91 Å². The second-order valence-corrected chi connectivity index (χ2v) is 10.6. The third-order valence-corrected chi connectivity index (χ3v) is 7.77. The minimum Gasteiger partial charge on any atom is -0.356 e. The van der Waals surface area contributed by atoms with E-state index in [9.17, 15) is 14.4 Å². The van der Waals surface area contributed by atoms with E-state index < -0.39 is 17.6 Å². The molecule has 0 unspecified atom stereocenters. The molecule has 7 heteroatoms. The van der Waals surface area contributed by atoms with Gasteiger partial charge in [0.25, 0.3) is 5.91 Å². The molecule has 1 aromatic heterocycles. The fourth-order valence-electron chi connectivity index (χ4n) is 5.81. The molecule has 1 fully saturated rings. The van der Waals surface area contributed by atoms with Crippen LogP contribution in [0.1, 0.15) is 50.9 Å². The minimum absolute atomic E-state index is 0.0924. The fraction of sp³-hybridized carbons (Fsp3) is 0.414. The van der Waals surface area contributed by atoms with Gasteiger partial charge in [-0.05, 0) is 56.2 Å². The zero-order chi connectivity index (χ0) is 25.6. The van der Waals surface area contributed by atoms with Gasteiger partial charge < -0.3 is 15.2 Å². The number of para-hydroxylation sites is 1. The summed E-state index contributed by atoms with van der Waals surface area (Å²) in [6, 6.07) is 16.8. The van der Waals surface area contributed by atoms with Crippen LogP contribution in [0.25, 0.3) is 10.9 Å². The number of carbonyl (C=O) groups excluding carboxylic acids is 3. The van der Waals surface area contributed by atoms with E-state index in [1.807, 2.05) is 63.2 Å². The Hall–Kier alpha value is -3.61. The van der Waals surface area contributed by atoms with E-state index >= 15 is 0 Å². The molecule has 0 radical (unpaired) electrons. The average Bonchev–Trinajstić information content (AvgIpc) is 3.33. The smallest absolute Gasteiger partial charge is 0.328 e. The van der Waals surface area contributed by atoms with Gasteiger partial charge in [-0.15, -0.1) is 0 Å². The number of imide groups is 1. The van der Waals surface area contributed by atoms with E-state index in [-0.39, 0.29) is 23.8 Å². The van der Waals surface area contributed by atoms with Crippen molar-refractivity contribution < 1.29 is 14.4 Å². The van der Waals surface area contributed by atoms with Crippen LogP contribution >= 0.6 is 0 Å². The van der Waals surface area contributed by atoms with Crippen LogP contribution < -0.4 is 5.32 Å².